The normalized spacial score (nSPS) is 10.6. The second-order valence-corrected chi connectivity index (χ2v) is 4.70. The largest absolute Gasteiger partial charge is 0.496 e. The van der Waals surface area contributed by atoms with Crippen LogP contribution in [0.2, 0.25) is 0 Å². The van der Waals surface area contributed by atoms with E-state index in [0.717, 1.165) is 22.9 Å². The number of ketones is 1. The third-order valence-electron chi connectivity index (χ3n) is 3.24. The van der Waals surface area contributed by atoms with Crippen LogP contribution in [0.5, 0.6) is 5.75 Å². The number of hydrogen-bond donors (Lipinski definition) is 2. The Morgan fingerprint density at radius 1 is 1.30 bits per heavy atom. The Morgan fingerprint density at radius 3 is 2.65 bits per heavy atom. The standard InChI is InChI=1S/C15H18N2O3/c1-9(18)12-6-14-13(7-15(12)20-3)11(8-17-14)4-5-16-10(2)19/h6-8,17H,4-5H2,1-3H3,(H,16,19). The van der Waals surface area contributed by atoms with Crippen LogP contribution in [-0.2, 0) is 11.2 Å². The Bertz CT molecular complexity index is 658. The maximum absolute atomic E-state index is 11.6. The minimum Gasteiger partial charge on any atom is -0.496 e. The number of carbonyl (C=O) groups excluding carboxylic acids is 2. The first-order chi connectivity index (χ1) is 9.52. The Morgan fingerprint density at radius 2 is 2.05 bits per heavy atom. The number of rotatable bonds is 5. The molecule has 2 N–H and O–H groups in total. The summed E-state index contributed by atoms with van der Waals surface area (Å²) in [6.07, 6.45) is 2.62. The van der Waals surface area contributed by atoms with Gasteiger partial charge in [0, 0.05) is 30.6 Å². The molecule has 1 amide bonds. The van der Waals surface area contributed by atoms with Gasteiger partial charge in [0.2, 0.25) is 5.91 Å². The van der Waals surface area contributed by atoms with Crippen molar-refractivity contribution in [1.29, 1.82) is 0 Å². The van der Waals surface area contributed by atoms with Crippen molar-refractivity contribution in [3.63, 3.8) is 0 Å². The monoisotopic (exact) mass is 274 g/mol. The average molecular weight is 274 g/mol. The van der Waals surface area contributed by atoms with Crippen LogP contribution in [0.1, 0.15) is 29.8 Å². The lowest BCUT2D eigenvalue weighted by atomic mass is 10.0. The second-order valence-electron chi connectivity index (χ2n) is 4.70. The number of Topliss-reactive ketones (excluding diaryl/α,β-unsaturated/α-hetero) is 1. The van der Waals surface area contributed by atoms with Gasteiger partial charge < -0.3 is 15.0 Å². The van der Waals surface area contributed by atoms with Crippen LogP contribution in [0.25, 0.3) is 10.9 Å². The quantitative estimate of drug-likeness (QED) is 0.820. The summed E-state index contributed by atoms with van der Waals surface area (Å²) in [6, 6.07) is 3.67. The molecule has 1 aromatic heterocycles. The summed E-state index contributed by atoms with van der Waals surface area (Å²) in [5.41, 5.74) is 2.55. The lowest BCUT2D eigenvalue weighted by Gasteiger charge is -2.07. The number of benzene rings is 1. The number of amides is 1. The SMILES string of the molecule is COc1cc2c(CCNC(C)=O)c[nH]c2cc1C(C)=O. The zero-order valence-electron chi connectivity index (χ0n) is 11.9. The maximum atomic E-state index is 11.6. The molecule has 5 heteroatoms. The van der Waals surface area contributed by atoms with Gasteiger partial charge in [0.05, 0.1) is 12.7 Å². The molecule has 0 aliphatic carbocycles. The summed E-state index contributed by atoms with van der Waals surface area (Å²) in [5, 5.41) is 3.78. The van der Waals surface area contributed by atoms with E-state index in [1.165, 1.54) is 13.8 Å². The number of H-pyrrole nitrogens is 1. The molecule has 0 saturated carbocycles. The second kappa shape index (κ2) is 5.77. The van der Waals surface area contributed by atoms with E-state index in [2.05, 4.69) is 10.3 Å². The highest BCUT2D eigenvalue weighted by atomic mass is 16.5. The van der Waals surface area contributed by atoms with Crippen LogP contribution in [0.3, 0.4) is 0 Å². The van der Waals surface area contributed by atoms with Gasteiger partial charge in [0.25, 0.3) is 0 Å². The Kier molecular flexibility index (Phi) is 4.08. The zero-order chi connectivity index (χ0) is 14.7. The van der Waals surface area contributed by atoms with E-state index in [1.807, 2.05) is 12.3 Å². The van der Waals surface area contributed by atoms with E-state index < -0.39 is 0 Å². The minimum atomic E-state index is -0.0405. The molecule has 0 aliphatic heterocycles. The van der Waals surface area contributed by atoms with E-state index in [-0.39, 0.29) is 11.7 Å². The molecule has 0 atom stereocenters. The molecule has 1 heterocycles. The molecule has 0 fully saturated rings. The van der Waals surface area contributed by atoms with Crippen molar-refractivity contribution in [2.24, 2.45) is 0 Å². The predicted octanol–water partition coefficient (Wildman–Crippen LogP) is 2.06. The Labute approximate surface area is 117 Å². The number of aromatic amines is 1. The van der Waals surface area contributed by atoms with Gasteiger partial charge in [-0.25, -0.2) is 0 Å². The fourth-order valence-electron chi connectivity index (χ4n) is 2.23. The highest BCUT2D eigenvalue weighted by Crippen LogP contribution is 2.28. The fraction of sp³-hybridized carbons (Fsp3) is 0.333. The highest BCUT2D eigenvalue weighted by Gasteiger charge is 2.12. The average Bonchev–Trinajstić information content (AvgIpc) is 2.79. The first-order valence-corrected chi connectivity index (χ1v) is 6.46. The van der Waals surface area contributed by atoms with Crippen LogP contribution in [0, 0.1) is 0 Å². The van der Waals surface area contributed by atoms with Crippen molar-refractivity contribution in [2.45, 2.75) is 20.3 Å². The Balaban J connectivity index is 2.34. The number of hydrogen-bond acceptors (Lipinski definition) is 3. The molecular weight excluding hydrogens is 256 g/mol. The van der Waals surface area contributed by atoms with Crippen LogP contribution in [-0.4, -0.2) is 30.3 Å². The summed E-state index contributed by atoms with van der Waals surface area (Å²) >= 11 is 0. The molecule has 5 nitrogen and oxygen atoms in total. The topological polar surface area (TPSA) is 71.2 Å². The summed E-state index contributed by atoms with van der Waals surface area (Å²) in [5.74, 6) is 0.504. The molecule has 0 saturated heterocycles. The van der Waals surface area contributed by atoms with E-state index in [4.69, 9.17) is 4.74 Å². The van der Waals surface area contributed by atoms with Gasteiger partial charge in [-0.2, -0.15) is 0 Å². The third kappa shape index (κ3) is 2.82. The minimum absolute atomic E-state index is 0.0295. The van der Waals surface area contributed by atoms with Crippen molar-refractivity contribution in [3.05, 3.63) is 29.5 Å². The molecule has 0 radical (unpaired) electrons. The number of nitrogens with one attached hydrogen (secondary N) is 2. The molecule has 2 rings (SSSR count). The summed E-state index contributed by atoms with van der Waals surface area (Å²) in [4.78, 5) is 25.6. The molecule has 106 valence electrons. The number of fused-ring (bicyclic) bond motifs is 1. The summed E-state index contributed by atoms with van der Waals surface area (Å²) in [7, 11) is 1.55. The van der Waals surface area contributed by atoms with Crippen LogP contribution >= 0.6 is 0 Å². The van der Waals surface area contributed by atoms with Crippen molar-refractivity contribution in [3.8, 4) is 5.75 Å². The Hall–Kier alpha value is -2.30. The van der Waals surface area contributed by atoms with Gasteiger partial charge >= 0.3 is 0 Å². The van der Waals surface area contributed by atoms with E-state index in [0.29, 0.717) is 17.9 Å². The van der Waals surface area contributed by atoms with Crippen LogP contribution in [0.15, 0.2) is 18.3 Å². The number of carbonyl (C=O) groups is 2. The first kappa shape index (κ1) is 14.1. The molecule has 2 aromatic rings. The van der Waals surface area contributed by atoms with Gasteiger partial charge in [-0.05, 0) is 31.0 Å². The molecule has 0 aliphatic rings. The van der Waals surface area contributed by atoms with E-state index in [9.17, 15) is 9.59 Å². The van der Waals surface area contributed by atoms with E-state index >= 15 is 0 Å². The number of ether oxygens (including phenoxy) is 1. The van der Waals surface area contributed by atoms with Gasteiger partial charge in [-0.3, -0.25) is 9.59 Å². The first-order valence-electron chi connectivity index (χ1n) is 6.46. The smallest absolute Gasteiger partial charge is 0.216 e. The zero-order valence-corrected chi connectivity index (χ0v) is 11.9. The molecule has 0 bridgehead atoms. The van der Waals surface area contributed by atoms with Gasteiger partial charge in [0.1, 0.15) is 5.75 Å². The highest BCUT2D eigenvalue weighted by molar-refractivity contribution is 6.01. The predicted molar refractivity (Wildman–Crippen MR) is 77.2 cm³/mol. The lowest BCUT2D eigenvalue weighted by molar-refractivity contribution is -0.118. The molecule has 20 heavy (non-hydrogen) atoms. The molecule has 0 unspecified atom stereocenters. The van der Waals surface area contributed by atoms with Crippen LogP contribution < -0.4 is 10.1 Å². The number of methoxy groups -OCH3 is 1. The van der Waals surface area contributed by atoms with Gasteiger partial charge in [-0.1, -0.05) is 0 Å². The van der Waals surface area contributed by atoms with Crippen molar-refractivity contribution in [1.82, 2.24) is 10.3 Å². The maximum Gasteiger partial charge on any atom is 0.216 e. The lowest BCUT2D eigenvalue weighted by Crippen LogP contribution is -2.22. The third-order valence-corrected chi connectivity index (χ3v) is 3.24. The van der Waals surface area contributed by atoms with Crippen LogP contribution in [0.4, 0.5) is 0 Å². The molecular formula is C15H18N2O3. The van der Waals surface area contributed by atoms with Crippen molar-refractivity contribution in [2.75, 3.05) is 13.7 Å². The summed E-state index contributed by atoms with van der Waals surface area (Å²) < 4.78 is 5.28. The summed E-state index contributed by atoms with van der Waals surface area (Å²) in [6.45, 7) is 3.60. The molecule has 0 spiro atoms. The molecule has 1 aromatic carbocycles. The van der Waals surface area contributed by atoms with Gasteiger partial charge in [-0.15, -0.1) is 0 Å². The van der Waals surface area contributed by atoms with Crippen molar-refractivity contribution >= 4 is 22.6 Å². The fourth-order valence-corrected chi connectivity index (χ4v) is 2.23. The van der Waals surface area contributed by atoms with Gasteiger partial charge in [0.15, 0.2) is 5.78 Å². The number of aromatic nitrogens is 1. The van der Waals surface area contributed by atoms with E-state index in [1.54, 1.807) is 13.2 Å². The van der Waals surface area contributed by atoms with Crippen molar-refractivity contribution < 1.29 is 14.3 Å².